The van der Waals surface area contributed by atoms with Gasteiger partial charge in [0.15, 0.2) is 0 Å². The number of nitrogens with zero attached hydrogens (tertiary/aromatic N) is 1. The molecule has 1 atom stereocenters. The molecular weight excluding hydrogens is 172 g/mol. The van der Waals surface area contributed by atoms with Gasteiger partial charge >= 0.3 is 0 Å². The smallest absolute Gasteiger partial charge is 0.0455 e. The molecule has 0 fully saturated rings. The third-order valence-electron chi connectivity index (χ3n) is 2.47. The summed E-state index contributed by atoms with van der Waals surface area (Å²) in [7, 11) is 0. The Morgan fingerprint density at radius 2 is 1.93 bits per heavy atom. The molecule has 1 aromatic rings. The van der Waals surface area contributed by atoms with E-state index in [1.54, 1.807) is 0 Å². The van der Waals surface area contributed by atoms with Gasteiger partial charge in [0.2, 0.25) is 0 Å². The Bertz CT molecular complexity index is 272. The molecule has 0 saturated carbocycles. The molecule has 0 aliphatic carbocycles. The zero-order valence-corrected chi connectivity index (χ0v) is 9.49. The quantitative estimate of drug-likeness (QED) is 0.799. The van der Waals surface area contributed by atoms with Gasteiger partial charge in [0, 0.05) is 23.3 Å². The van der Waals surface area contributed by atoms with Crippen LogP contribution in [0.3, 0.4) is 0 Å². The lowest BCUT2D eigenvalue weighted by Gasteiger charge is -2.33. The van der Waals surface area contributed by atoms with Crippen molar-refractivity contribution in [3.05, 3.63) is 30.1 Å². The van der Waals surface area contributed by atoms with Crippen LogP contribution in [0.1, 0.15) is 39.3 Å². The lowest BCUT2D eigenvalue weighted by molar-refractivity contribution is 0.325. The summed E-state index contributed by atoms with van der Waals surface area (Å²) in [6, 6.07) is 6.01. The van der Waals surface area contributed by atoms with Crippen LogP contribution in [0, 0.1) is 5.92 Å². The fraction of sp³-hybridized carbons (Fsp3) is 0.583. The molecule has 2 nitrogen and oxygen atoms in total. The maximum absolute atomic E-state index is 6.17. The predicted molar refractivity (Wildman–Crippen MR) is 60.1 cm³/mol. The van der Waals surface area contributed by atoms with E-state index in [9.17, 15) is 0 Å². The van der Waals surface area contributed by atoms with Crippen LogP contribution in [-0.4, -0.2) is 10.5 Å². The van der Waals surface area contributed by atoms with Gasteiger partial charge in [0.25, 0.3) is 0 Å². The van der Waals surface area contributed by atoms with Gasteiger partial charge < -0.3 is 5.73 Å². The Hall–Kier alpha value is -0.890. The van der Waals surface area contributed by atoms with E-state index in [-0.39, 0.29) is 5.54 Å². The molecule has 1 rings (SSSR count). The second-order valence-corrected chi connectivity index (χ2v) is 4.80. The highest BCUT2D eigenvalue weighted by Crippen LogP contribution is 2.31. The van der Waals surface area contributed by atoms with E-state index in [0.717, 1.165) is 5.69 Å². The first kappa shape index (κ1) is 11.2. The maximum Gasteiger partial charge on any atom is 0.0455 e. The molecule has 78 valence electrons. The minimum atomic E-state index is -0.220. The van der Waals surface area contributed by atoms with E-state index in [2.05, 4.69) is 38.7 Å². The van der Waals surface area contributed by atoms with Crippen molar-refractivity contribution in [2.45, 2.75) is 39.2 Å². The van der Waals surface area contributed by atoms with Gasteiger partial charge in [-0.25, -0.2) is 0 Å². The fourth-order valence-electron chi connectivity index (χ4n) is 2.14. The summed E-state index contributed by atoms with van der Waals surface area (Å²) in [6.45, 7) is 8.50. The molecule has 0 bridgehead atoms. The van der Waals surface area contributed by atoms with Crippen LogP contribution in [-0.2, 0) is 0 Å². The number of rotatable bonds is 3. The highest BCUT2D eigenvalue weighted by Gasteiger charge is 2.30. The Balaban J connectivity index is 3.02. The third kappa shape index (κ3) is 2.55. The molecule has 1 unspecified atom stereocenters. The molecule has 1 aromatic heterocycles. The summed E-state index contributed by atoms with van der Waals surface area (Å²) >= 11 is 0. The number of pyridine rings is 1. The van der Waals surface area contributed by atoms with Crippen LogP contribution < -0.4 is 5.73 Å². The summed E-state index contributed by atoms with van der Waals surface area (Å²) in [5.74, 6) is 0.814. The van der Waals surface area contributed by atoms with Crippen molar-refractivity contribution in [1.82, 2.24) is 4.98 Å². The SMILES string of the molecule is CC(C)C(c1ccccn1)C(C)(C)N. The molecule has 2 N–H and O–H groups in total. The first-order valence-corrected chi connectivity index (χ1v) is 5.12. The molecule has 14 heavy (non-hydrogen) atoms. The molecule has 0 spiro atoms. The molecular formula is C12H20N2. The van der Waals surface area contributed by atoms with Gasteiger partial charge in [-0.1, -0.05) is 19.9 Å². The van der Waals surface area contributed by atoms with Crippen LogP contribution in [0.4, 0.5) is 0 Å². The van der Waals surface area contributed by atoms with E-state index in [1.807, 2.05) is 18.3 Å². The maximum atomic E-state index is 6.17. The second kappa shape index (κ2) is 4.09. The molecule has 0 aliphatic rings. The molecule has 0 aromatic carbocycles. The minimum Gasteiger partial charge on any atom is -0.325 e. The lowest BCUT2D eigenvalue weighted by atomic mass is 9.78. The van der Waals surface area contributed by atoms with Crippen molar-refractivity contribution in [1.29, 1.82) is 0 Å². The van der Waals surface area contributed by atoms with Crippen molar-refractivity contribution < 1.29 is 0 Å². The van der Waals surface area contributed by atoms with Gasteiger partial charge in [0.05, 0.1) is 0 Å². The highest BCUT2D eigenvalue weighted by molar-refractivity contribution is 5.15. The highest BCUT2D eigenvalue weighted by atomic mass is 14.8. The lowest BCUT2D eigenvalue weighted by Crippen LogP contribution is -2.42. The standard InChI is InChI=1S/C12H20N2/c1-9(2)11(12(3,4)13)10-7-5-6-8-14-10/h5-9,11H,13H2,1-4H3. The average Bonchev–Trinajstić information content (AvgIpc) is 2.02. The van der Waals surface area contributed by atoms with Gasteiger partial charge in [-0.05, 0) is 31.9 Å². The van der Waals surface area contributed by atoms with Crippen LogP contribution in [0.5, 0.6) is 0 Å². The van der Waals surface area contributed by atoms with Crippen LogP contribution >= 0.6 is 0 Å². The average molecular weight is 192 g/mol. The number of hydrogen-bond acceptors (Lipinski definition) is 2. The summed E-state index contributed by atoms with van der Waals surface area (Å²) in [5.41, 5.74) is 7.05. The molecule has 2 heteroatoms. The molecule has 0 amide bonds. The summed E-state index contributed by atoms with van der Waals surface area (Å²) in [4.78, 5) is 4.39. The van der Waals surface area contributed by atoms with Crippen LogP contribution in [0.15, 0.2) is 24.4 Å². The topological polar surface area (TPSA) is 38.9 Å². The second-order valence-electron chi connectivity index (χ2n) is 4.80. The van der Waals surface area contributed by atoms with Crippen LogP contribution in [0.2, 0.25) is 0 Å². The summed E-state index contributed by atoms with van der Waals surface area (Å²) in [5, 5.41) is 0. The minimum absolute atomic E-state index is 0.220. The first-order valence-electron chi connectivity index (χ1n) is 5.12. The molecule has 0 aliphatic heterocycles. The Labute approximate surface area is 86.5 Å². The summed E-state index contributed by atoms with van der Waals surface area (Å²) < 4.78 is 0. The van der Waals surface area contributed by atoms with E-state index in [0.29, 0.717) is 11.8 Å². The number of hydrogen-bond donors (Lipinski definition) is 1. The zero-order valence-electron chi connectivity index (χ0n) is 9.49. The van der Waals surface area contributed by atoms with Crippen molar-refractivity contribution in [2.24, 2.45) is 11.7 Å². The van der Waals surface area contributed by atoms with E-state index < -0.39 is 0 Å². The van der Waals surface area contributed by atoms with E-state index in [1.165, 1.54) is 0 Å². The Morgan fingerprint density at radius 1 is 1.29 bits per heavy atom. The van der Waals surface area contributed by atoms with Gasteiger partial charge in [0.1, 0.15) is 0 Å². The summed E-state index contributed by atoms with van der Waals surface area (Å²) in [6.07, 6.45) is 1.83. The largest absolute Gasteiger partial charge is 0.325 e. The van der Waals surface area contributed by atoms with Gasteiger partial charge in [-0.3, -0.25) is 4.98 Å². The normalized spacial score (nSPS) is 14.4. The third-order valence-corrected chi connectivity index (χ3v) is 2.47. The number of nitrogens with two attached hydrogens (primary N) is 1. The van der Waals surface area contributed by atoms with Crippen LogP contribution in [0.25, 0.3) is 0 Å². The van der Waals surface area contributed by atoms with Crippen molar-refractivity contribution in [2.75, 3.05) is 0 Å². The molecule has 0 radical (unpaired) electrons. The van der Waals surface area contributed by atoms with E-state index in [4.69, 9.17) is 5.73 Å². The van der Waals surface area contributed by atoms with Crippen molar-refractivity contribution in [3.63, 3.8) is 0 Å². The van der Waals surface area contributed by atoms with E-state index >= 15 is 0 Å². The van der Waals surface area contributed by atoms with Gasteiger partial charge in [-0.2, -0.15) is 0 Å². The Morgan fingerprint density at radius 3 is 2.29 bits per heavy atom. The fourth-order valence-corrected chi connectivity index (χ4v) is 2.14. The molecule has 1 heterocycles. The van der Waals surface area contributed by atoms with Crippen molar-refractivity contribution in [3.8, 4) is 0 Å². The zero-order chi connectivity index (χ0) is 10.8. The molecule has 0 saturated heterocycles. The Kier molecular flexibility index (Phi) is 3.27. The van der Waals surface area contributed by atoms with Crippen molar-refractivity contribution >= 4 is 0 Å². The van der Waals surface area contributed by atoms with Gasteiger partial charge in [-0.15, -0.1) is 0 Å². The predicted octanol–water partition coefficient (Wildman–Crippen LogP) is 2.56. The first-order chi connectivity index (χ1) is 6.43. The monoisotopic (exact) mass is 192 g/mol. The number of aromatic nitrogens is 1.